The van der Waals surface area contributed by atoms with E-state index in [-0.39, 0.29) is 28.0 Å². The van der Waals surface area contributed by atoms with Gasteiger partial charge in [0, 0.05) is 11.8 Å². The first-order valence-corrected chi connectivity index (χ1v) is 8.53. The van der Waals surface area contributed by atoms with Crippen molar-refractivity contribution in [2.24, 2.45) is 0 Å². The fourth-order valence-electron chi connectivity index (χ4n) is 2.43. The van der Waals surface area contributed by atoms with E-state index in [0.717, 1.165) is 4.90 Å². The molecule has 0 aliphatic heterocycles. The first-order valence-electron chi connectivity index (χ1n) is 7.78. The maximum Gasteiger partial charge on any atom is 0.234 e. The molecule has 144 valence electrons. The summed E-state index contributed by atoms with van der Waals surface area (Å²) in [5.41, 5.74) is -0.245. The molecule has 0 saturated carbocycles. The third-order valence-corrected chi connectivity index (χ3v) is 4.30. The summed E-state index contributed by atoms with van der Waals surface area (Å²) < 4.78 is 34.5. The Morgan fingerprint density at radius 1 is 1.22 bits per heavy atom. The van der Waals surface area contributed by atoms with Gasteiger partial charge >= 0.3 is 0 Å². The van der Waals surface area contributed by atoms with E-state index in [1.54, 1.807) is 0 Å². The molecule has 1 aromatic heterocycles. The van der Waals surface area contributed by atoms with Crippen molar-refractivity contribution in [2.45, 2.75) is 26.8 Å². The van der Waals surface area contributed by atoms with Gasteiger partial charge < -0.3 is 9.64 Å². The first-order chi connectivity index (χ1) is 12.6. The number of aryl methyl sites for hydroxylation is 1. The fourth-order valence-corrected chi connectivity index (χ4v) is 2.86. The Hall–Kier alpha value is -2.25. The highest BCUT2D eigenvalue weighted by atomic mass is 35.5. The second-order valence-electron chi connectivity index (χ2n) is 5.83. The summed E-state index contributed by atoms with van der Waals surface area (Å²) in [7, 11) is 1.22. The van der Waals surface area contributed by atoms with Crippen LogP contribution >= 0.6 is 23.2 Å². The van der Waals surface area contributed by atoms with E-state index in [0.29, 0.717) is 5.56 Å². The number of benzene rings is 1. The molecule has 0 N–H and O–H groups in total. The molecule has 1 amide bonds. The van der Waals surface area contributed by atoms with Crippen molar-refractivity contribution >= 4 is 40.6 Å². The molecule has 0 atom stereocenters. The van der Waals surface area contributed by atoms with E-state index in [2.05, 4.69) is 4.98 Å². The van der Waals surface area contributed by atoms with E-state index in [1.807, 2.05) is 0 Å². The number of amides is 1. The fraction of sp³-hybridized carbons (Fsp3) is 0.278. The molecular weight excluding hydrogens is 401 g/mol. The molecule has 0 saturated heterocycles. The van der Waals surface area contributed by atoms with Crippen LogP contribution in [0.3, 0.4) is 0 Å². The Labute approximate surface area is 164 Å². The van der Waals surface area contributed by atoms with Crippen LogP contribution < -0.4 is 9.64 Å². The zero-order valence-electron chi connectivity index (χ0n) is 14.8. The molecule has 27 heavy (non-hydrogen) atoms. The average molecular weight is 417 g/mol. The molecule has 9 heteroatoms. The second kappa shape index (κ2) is 8.63. The highest BCUT2D eigenvalue weighted by Crippen LogP contribution is 2.35. The molecule has 1 heterocycles. The number of methoxy groups -OCH3 is 1. The minimum atomic E-state index is -1.06. The summed E-state index contributed by atoms with van der Waals surface area (Å²) in [4.78, 5) is 28.7. The van der Waals surface area contributed by atoms with E-state index in [4.69, 9.17) is 27.9 Å². The number of nitrogens with zero attached hydrogens (tertiary/aromatic N) is 2. The van der Waals surface area contributed by atoms with Gasteiger partial charge in [0.05, 0.1) is 25.1 Å². The number of rotatable bonds is 6. The van der Waals surface area contributed by atoms with Gasteiger partial charge in [-0.3, -0.25) is 9.59 Å². The predicted octanol–water partition coefficient (Wildman–Crippen LogP) is 4.50. The molecule has 0 aliphatic rings. The average Bonchev–Trinajstić information content (AvgIpc) is 2.58. The Kier molecular flexibility index (Phi) is 6.73. The summed E-state index contributed by atoms with van der Waals surface area (Å²) in [6, 6.07) is 2.52. The van der Waals surface area contributed by atoms with Crippen molar-refractivity contribution in [1.29, 1.82) is 0 Å². The normalized spacial score (nSPS) is 10.6. The van der Waals surface area contributed by atoms with Crippen LogP contribution in [-0.2, 0) is 16.1 Å². The van der Waals surface area contributed by atoms with Crippen molar-refractivity contribution in [1.82, 2.24) is 4.98 Å². The van der Waals surface area contributed by atoms with Gasteiger partial charge in [-0.25, -0.2) is 13.8 Å². The number of ether oxygens (including phenoxy) is 1. The molecule has 5 nitrogen and oxygen atoms in total. The van der Waals surface area contributed by atoms with Gasteiger partial charge in [-0.1, -0.05) is 23.2 Å². The van der Waals surface area contributed by atoms with Crippen molar-refractivity contribution in [3.8, 4) is 5.75 Å². The molecule has 2 rings (SSSR count). The van der Waals surface area contributed by atoms with Gasteiger partial charge in [-0.2, -0.15) is 0 Å². The number of hydrogen-bond acceptors (Lipinski definition) is 4. The third-order valence-electron chi connectivity index (χ3n) is 3.74. The molecule has 0 bridgehead atoms. The molecular formula is C18H16Cl2F2N2O3. The summed E-state index contributed by atoms with van der Waals surface area (Å²) in [5.74, 6) is -3.48. The number of anilines is 1. The smallest absolute Gasteiger partial charge is 0.234 e. The molecule has 0 unspecified atom stereocenters. The maximum atomic E-state index is 14.8. The molecule has 1 aromatic carbocycles. The van der Waals surface area contributed by atoms with Crippen LogP contribution in [0.15, 0.2) is 18.3 Å². The van der Waals surface area contributed by atoms with Crippen LogP contribution in [0.4, 0.5) is 14.5 Å². The number of hydrogen-bond donors (Lipinski definition) is 0. The summed E-state index contributed by atoms with van der Waals surface area (Å²) >= 11 is 11.9. The lowest BCUT2D eigenvalue weighted by Gasteiger charge is -2.25. The Bertz CT molecular complexity index is 907. The topological polar surface area (TPSA) is 59.5 Å². The van der Waals surface area contributed by atoms with Gasteiger partial charge in [0.1, 0.15) is 16.6 Å². The molecule has 0 aliphatic carbocycles. The van der Waals surface area contributed by atoms with Gasteiger partial charge in [0.25, 0.3) is 0 Å². The van der Waals surface area contributed by atoms with Crippen molar-refractivity contribution in [2.75, 3.05) is 12.0 Å². The van der Waals surface area contributed by atoms with Crippen molar-refractivity contribution in [3.63, 3.8) is 0 Å². The lowest BCUT2D eigenvalue weighted by Crippen LogP contribution is -2.33. The summed E-state index contributed by atoms with van der Waals surface area (Å²) in [6.07, 6.45) is 0.759. The predicted molar refractivity (Wildman–Crippen MR) is 98.4 cm³/mol. The highest BCUT2D eigenvalue weighted by molar-refractivity contribution is 6.34. The van der Waals surface area contributed by atoms with Crippen LogP contribution in [0.5, 0.6) is 5.75 Å². The van der Waals surface area contributed by atoms with Crippen LogP contribution in [0, 0.1) is 18.6 Å². The van der Waals surface area contributed by atoms with E-state index in [1.165, 1.54) is 39.3 Å². The number of carbonyl (C=O) groups excluding carboxylic acids is 2. The lowest BCUT2D eigenvalue weighted by molar-refractivity contribution is -0.125. The zero-order valence-corrected chi connectivity index (χ0v) is 16.3. The van der Waals surface area contributed by atoms with Crippen LogP contribution in [-0.4, -0.2) is 23.8 Å². The maximum absolute atomic E-state index is 14.8. The number of pyridine rings is 1. The Morgan fingerprint density at radius 2 is 1.89 bits per heavy atom. The summed E-state index contributed by atoms with van der Waals surface area (Å²) in [5, 5.41) is 0.288. The number of aromatic nitrogens is 1. The standard InChI is InChI=1S/C18H16Cl2F2N2O3/c1-9-4-13(27-3)17(22)18(16(9)21)24(15(26)5-10(2)25)8-11-7-23-14(20)6-12(11)19/h4,6-7H,5,8H2,1-3H3. The Balaban J connectivity index is 2.62. The zero-order chi connectivity index (χ0) is 20.3. The quantitative estimate of drug-likeness (QED) is 0.513. The van der Waals surface area contributed by atoms with E-state index < -0.39 is 35.4 Å². The first kappa shape index (κ1) is 21.1. The highest BCUT2D eigenvalue weighted by Gasteiger charge is 2.28. The van der Waals surface area contributed by atoms with Crippen molar-refractivity contribution < 1.29 is 23.1 Å². The molecule has 0 fully saturated rings. The Morgan fingerprint density at radius 3 is 2.44 bits per heavy atom. The van der Waals surface area contributed by atoms with E-state index in [9.17, 15) is 18.4 Å². The molecule has 2 aromatic rings. The van der Waals surface area contributed by atoms with Gasteiger partial charge in [0.15, 0.2) is 17.4 Å². The lowest BCUT2D eigenvalue weighted by atomic mass is 10.1. The second-order valence-corrected chi connectivity index (χ2v) is 6.62. The number of carbonyl (C=O) groups is 2. The number of ketones is 1. The number of halogens is 4. The van der Waals surface area contributed by atoms with Gasteiger partial charge in [0.2, 0.25) is 5.91 Å². The largest absolute Gasteiger partial charge is 0.494 e. The monoisotopic (exact) mass is 416 g/mol. The molecule has 0 radical (unpaired) electrons. The third kappa shape index (κ3) is 4.73. The van der Waals surface area contributed by atoms with Crippen LogP contribution in [0.25, 0.3) is 0 Å². The van der Waals surface area contributed by atoms with Gasteiger partial charge in [-0.15, -0.1) is 0 Å². The SMILES string of the molecule is COc1cc(C)c(F)c(N(Cc2cnc(Cl)cc2Cl)C(=O)CC(C)=O)c1F. The van der Waals surface area contributed by atoms with Crippen molar-refractivity contribution in [3.05, 3.63) is 51.3 Å². The molecule has 0 spiro atoms. The minimum Gasteiger partial charge on any atom is -0.494 e. The van der Waals surface area contributed by atoms with Crippen LogP contribution in [0.1, 0.15) is 24.5 Å². The number of Topliss-reactive ketones (excluding diaryl/α,β-unsaturated/α-hetero) is 1. The minimum absolute atomic E-state index is 0.0733. The van der Waals surface area contributed by atoms with E-state index >= 15 is 0 Å². The van der Waals surface area contributed by atoms with Gasteiger partial charge in [-0.05, 0) is 31.5 Å². The van der Waals surface area contributed by atoms with Crippen LogP contribution in [0.2, 0.25) is 10.2 Å². The summed E-state index contributed by atoms with van der Waals surface area (Å²) in [6.45, 7) is 2.30.